The van der Waals surface area contributed by atoms with Gasteiger partial charge in [0.25, 0.3) is 0 Å². The number of carbonyl (C=O) groups excluding carboxylic acids is 2. The Balaban J connectivity index is 1.34. The zero-order chi connectivity index (χ0) is 30.9. The SMILES string of the molecule is CCCCNC(=O)Cc1cccc(CC(=O)N/C(N)=C/C=C(\N)CCCCc2nnc(NC(O)Cc3ccccc3)s2)c1. The number of amides is 2. The molecule has 0 aliphatic carbocycles. The monoisotopic (exact) mass is 605 g/mol. The zero-order valence-electron chi connectivity index (χ0n) is 24.7. The highest BCUT2D eigenvalue weighted by molar-refractivity contribution is 7.15. The number of aliphatic hydroxyl groups excluding tert-OH is 1. The van der Waals surface area contributed by atoms with Crippen molar-refractivity contribution in [3.8, 4) is 0 Å². The van der Waals surface area contributed by atoms with Gasteiger partial charge in [-0.15, -0.1) is 10.2 Å². The highest BCUT2D eigenvalue weighted by atomic mass is 32.1. The van der Waals surface area contributed by atoms with E-state index in [-0.39, 0.29) is 30.5 Å². The standard InChI is InChI=1S/C32H43N7O3S/c1-2-3-18-35-28(40)21-24-12-9-13-25(19-24)22-29(41)36-27(34)17-16-26(33)14-7-8-15-31-38-39-32(43-31)37-30(42)20-23-10-5-4-6-11-23/h4-6,9-13,16-17,19,30,42H,2-3,7-8,14-15,18,20-22,33-34H2,1H3,(H,35,40)(H,36,41)(H,37,39)/b26-16-,27-17+. The van der Waals surface area contributed by atoms with E-state index in [1.165, 1.54) is 11.3 Å². The molecule has 0 saturated heterocycles. The number of rotatable bonds is 18. The number of hydrogen-bond donors (Lipinski definition) is 6. The van der Waals surface area contributed by atoms with Crippen LogP contribution in [-0.4, -0.2) is 39.9 Å². The molecule has 8 N–H and O–H groups in total. The van der Waals surface area contributed by atoms with Crippen molar-refractivity contribution in [2.75, 3.05) is 11.9 Å². The van der Waals surface area contributed by atoms with Gasteiger partial charge < -0.3 is 32.5 Å². The quantitative estimate of drug-likeness (QED) is 0.0725. The van der Waals surface area contributed by atoms with Gasteiger partial charge in [-0.25, -0.2) is 0 Å². The summed E-state index contributed by atoms with van der Waals surface area (Å²) in [5.41, 5.74) is 15.5. The lowest BCUT2D eigenvalue weighted by Gasteiger charge is -2.11. The Morgan fingerprint density at radius 2 is 1.65 bits per heavy atom. The van der Waals surface area contributed by atoms with Gasteiger partial charge in [-0.1, -0.05) is 79.3 Å². The largest absolute Gasteiger partial charge is 0.402 e. The summed E-state index contributed by atoms with van der Waals surface area (Å²) in [5, 5.41) is 28.7. The Morgan fingerprint density at radius 3 is 2.40 bits per heavy atom. The van der Waals surface area contributed by atoms with Crippen LogP contribution in [0, 0.1) is 0 Å². The van der Waals surface area contributed by atoms with E-state index in [0.717, 1.165) is 53.8 Å². The van der Waals surface area contributed by atoms with Gasteiger partial charge in [0.2, 0.25) is 16.9 Å². The van der Waals surface area contributed by atoms with E-state index in [9.17, 15) is 14.7 Å². The molecule has 0 fully saturated rings. The summed E-state index contributed by atoms with van der Waals surface area (Å²) in [6.45, 7) is 2.75. The van der Waals surface area contributed by atoms with E-state index in [1.807, 2.05) is 54.6 Å². The predicted octanol–water partition coefficient (Wildman–Crippen LogP) is 3.68. The number of allylic oxidation sites excluding steroid dienone is 3. The van der Waals surface area contributed by atoms with Gasteiger partial charge in [0.15, 0.2) is 0 Å². The topological polar surface area (TPSA) is 168 Å². The summed E-state index contributed by atoms with van der Waals surface area (Å²) in [6.07, 6.45) is 8.63. The van der Waals surface area contributed by atoms with Crippen LogP contribution in [0.15, 0.2) is 78.3 Å². The number of aryl methyl sites for hydroxylation is 1. The van der Waals surface area contributed by atoms with E-state index < -0.39 is 6.23 Å². The van der Waals surface area contributed by atoms with Crippen molar-refractivity contribution < 1.29 is 14.7 Å². The molecule has 0 bridgehead atoms. The second-order valence-electron chi connectivity index (χ2n) is 10.3. The molecule has 0 aliphatic heterocycles. The molecule has 0 aliphatic rings. The van der Waals surface area contributed by atoms with Gasteiger partial charge in [0.05, 0.1) is 12.8 Å². The number of unbranched alkanes of at least 4 members (excludes halogenated alkanes) is 2. The summed E-state index contributed by atoms with van der Waals surface area (Å²) in [4.78, 5) is 24.5. The van der Waals surface area contributed by atoms with E-state index in [0.29, 0.717) is 30.2 Å². The molecule has 11 heteroatoms. The number of hydrogen-bond acceptors (Lipinski definition) is 9. The van der Waals surface area contributed by atoms with Crippen molar-refractivity contribution in [1.82, 2.24) is 20.8 Å². The maximum absolute atomic E-state index is 12.5. The number of carbonyl (C=O) groups is 2. The molecule has 1 aromatic heterocycles. The molecule has 1 atom stereocenters. The van der Waals surface area contributed by atoms with E-state index >= 15 is 0 Å². The first-order valence-electron chi connectivity index (χ1n) is 14.7. The summed E-state index contributed by atoms with van der Waals surface area (Å²) in [6, 6.07) is 17.2. The molecule has 230 valence electrons. The van der Waals surface area contributed by atoms with E-state index in [2.05, 4.69) is 33.1 Å². The van der Waals surface area contributed by atoms with E-state index in [4.69, 9.17) is 11.5 Å². The lowest BCUT2D eigenvalue weighted by atomic mass is 10.1. The van der Waals surface area contributed by atoms with Crippen LogP contribution in [0.1, 0.15) is 60.7 Å². The molecule has 10 nitrogen and oxygen atoms in total. The molecule has 3 rings (SSSR count). The van der Waals surface area contributed by atoms with Gasteiger partial charge >= 0.3 is 0 Å². The third-order valence-electron chi connectivity index (χ3n) is 6.47. The Hall–Kier alpha value is -4.22. The molecular formula is C32H43N7O3S. The third-order valence-corrected chi connectivity index (χ3v) is 7.38. The number of nitrogens with zero attached hydrogens (tertiary/aromatic N) is 2. The maximum atomic E-state index is 12.5. The first kappa shape index (κ1) is 33.3. The molecule has 0 radical (unpaired) electrons. The van der Waals surface area contributed by atoms with Crippen molar-refractivity contribution in [2.45, 2.75) is 70.9 Å². The lowest BCUT2D eigenvalue weighted by molar-refractivity contribution is -0.120. The number of benzene rings is 2. The first-order valence-corrected chi connectivity index (χ1v) is 15.5. The maximum Gasteiger partial charge on any atom is 0.229 e. The van der Waals surface area contributed by atoms with Crippen LogP contribution in [0.5, 0.6) is 0 Å². The van der Waals surface area contributed by atoms with Crippen LogP contribution in [-0.2, 0) is 35.3 Å². The van der Waals surface area contributed by atoms with Crippen molar-refractivity contribution in [2.24, 2.45) is 11.5 Å². The number of aromatic nitrogens is 2. The number of nitrogens with two attached hydrogens (primary N) is 2. The summed E-state index contributed by atoms with van der Waals surface area (Å²) < 4.78 is 0. The second kappa shape index (κ2) is 18.3. The molecule has 1 heterocycles. The average Bonchev–Trinajstić information content (AvgIpc) is 3.41. The summed E-state index contributed by atoms with van der Waals surface area (Å²) >= 11 is 1.43. The minimum absolute atomic E-state index is 0.0240. The number of nitrogens with one attached hydrogen (secondary N) is 3. The fraction of sp³-hybridized carbons (Fsp3) is 0.375. The first-order chi connectivity index (χ1) is 20.8. The number of anilines is 1. The van der Waals surface area contributed by atoms with Crippen LogP contribution in [0.3, 0.4) is 0 Å². The van der Waals surface area contributed by atoms with Crippen LogP contribution >= 0.6 is 11.3 Å². The van der Waals surface area contributed by atoms with Crippen molar-refractivity contribution in [3.05, 3.63) is 100.0 Å². The molecule has 43 heavy (non-hydrogen) atoms. The van der Waals surface area contributed by atoms with Gasteiger partial charge in [-0.05, 0) is 54.5 Å². The zero-order valence-corrected chi connectivity index (χ0v) is 25.5. The Bertz CT molecular complexity index is 1360. The molecule has 2 aromatic carbocycles. The molecule has 2 amide bonds. The minimum atomic E-state index is -0.732. The highest BCUT2D eigenvalue weighted by Crippen LogP contribution is 2.19. The Labute approximate surface area is 257 Å². The normalized spacial score (nSPS) is 12.5. The molecule has 3 aromatic rings. The van der Waals surface area contributed by atoms with Crippen molar-refractivity contribution in [1.29, 1.82) is 0 Å². The van der Waals surface area contributed by atoms with Crippen molar-refractivity contribution in [3.63, 3.8) is 0 Å². The Kier molecular flexibility index (Phi) is 14.2. The number of aliphatic hydroxyl groups is 1. The van der Waals surface area contributed by atoms with Gasteiger partial charge in [0.1, 0.15) is 17.1 Å². The smallest absolute Gasteiger partial charge is 0.229 e. The minimum Gasteiger partial charge on any atom is -0.402 e. The molecule has 1 unspecified atom stereocenters. The lowest BCUT2D eigenvalue weighted by Crippen LogP contribution is -2.28. The van der Waals surface area contributed by atoms with Crippen LogP contribution in [0.2, 0.25) is 0 Å². The van der Waals surface area contributed by atoms with Crippen LogP contribution < -0.4 is 27.4 Å². The van der Waals surface area contributed by atoms with Crippen LogP contribution in [0.25, 0.3) is 0 Å². The van der Waals surface area contributed by atoms with Crippen LogP contribution in [0.4, 0.5) is 5.13 Å². The van der Waals surface area contributed by atoms with Gasteiger partial charge in [-0.3, -0.25) is 9.59 Å². The fourth-order valence-corrected chi connectivity index (χ4v) is 5.09. The second-order valence-corrected chi connectivity index (χ2v) is 11.4. The summed E-state index contributed by atoms with van der Waals surface area (Å²) in [7, 11) is 0. The summed E-state index contributed by atoms with van der Waals surface area (Å²) in [5.74, 6) is -0.0596. The third kappa shape index (κ3) is 13.5. The molecule has 0 spiro atoms. The molecule has 0 saturated carbocycles. The highest BCUT2D eigenvalue weighted by Gasteiger charge is 2.10. The predicted molar refractivity (Wildman–Crippen MR) is 172 cm³/mol. The van der Waals surface area contributed by atoms with Gasteiger partial charge in [0, 0.05) is 25.1 Å². The van der Waals surface area contributed by atoms with E-state index in [1.54, 1.807) is 12.2 Å². The fourth-order valence-electron chi connectivity index (χ4n) is 4.26. The average molecular weight is 606 g/mol. The molecular weight excluding hydrogens is 562 g/mol. The van der Waals surface area contributed by atoms with Gasteiger partial charge in [-0.2, -0.15) is 0 Å². The van der Waals surface area contributed by atoms with Crippen molar-refractivity contribution >= 4 is 28.3 Å². The Morgan fingerprint density at radius 1 is 0.930 bits per heavy atom.